The number of rotatable bonds is 5. The van der Waals surface area contributed by atoms with Crippen LogP contribution in [0.4, 0.5) is 0 Å². The number of carbonyl (C=O) groups is 2. The zero-order valence-electron chi connectivity index (χ0n) is 27.1. The Bertz CT molecular complexity index is 1970. The van der Waals surface area contributed by atoms with E-state index in [-0.39, 0.29) is 35.7 Å². The lowest BCUT2D eigenvalue weighted by atomic mass is 9.62. The van der Waals surface area contributed by atoms with Gasteiger partial charge in [0.15, 0.2) is 0 Å². The maximum Gasteiger partial charge on any atom is 0.319 e. The van der Waals surface area contributed by atoms with Crippen molar-refractivity contribution in [3.63, 3.8) is 0 Å². The topological polar surface area (TPSA) is 199 Å². The molecule has 2 unspecified atom stereocenters. The summed E-state index contributed by atoms with van der Waals surface area (Å²) in [5.74, 6) is 9.27. The average Bonchev–Trinajstić information content (AvgIpc) is 3.06. The second kappa shape index (κ2) is 11.4. The molecule has 2 aliphatic carbocycles. The van der Waals surface area contributed by atoms with Crippen molar-refractivity contribution in [3.8, 4) is 11.1 Å². The highest BCUT2D eigenvalue weighted by atomic mass is 16.4. The van der Waals surface area contributed by atoms with Crippen LogP contribution in [0.5, 0.6) is 0 Å². The predicted molar refractivity (Wildman–Crippen MR) is 187 cm³/mol. The second-order valence-electron chi connectivity index (χ2n) is 12.7. The van der Waals surface area contributed by atoms with Crippen molar-refractivity contribution in [1.29, 1.82) is 10.8 Å². The molecule has 6 rings (SSSR count). The summed E-state index contributed by atoms with van der Waals surface area (Å²) < 4.78 is 0. The molecule has 0 bridgehead atoms. The van der Waals surface area contributed by atoms with Gasteiger partial charge < -0.3 is 21.9 Å². The molecule has 242 valence electrons. The number of carboxylic acid groups (broad SMARTS) is 2. The summed E-state index contributed by atoms with van der Waals surface area (Å²) in [6, 6.07) is 21.9. The van der Waals surface area contributed by atoms with E-state index in [2.05, 4.69) is 10.2 Å². The average molecular weight is 641 g/mol. The number of hydrogen-bond donors (Lipinski definition) is 6. The first kappa shape index (κ1) is 32.1. The molecule has 0 amide bonds. The first-order chi connectivity index (χ1) is 22.8. The van der Waals surface area contributed by atoms with Crippen LogP contribution in [-0.2, 0) is 20.4 Å². The van der Waals surface area contributed by atoms with Crippen molar-refractivity contribution >= 4 is 34.8 Å². The number of aliphatic carboxylic acids is 2. The molecular weight excluding hydrogens is 604 g/mol. The fraction of sp³-hybridized carbons (Fsp3) is 0.211. The smallest absolute Gasteiger partial charge is 0.319 e. The predicted octanol–water partition coefficient (Wildman–Crippen LogP) is 5.50. The third kappa shape index (κ3) is 4.40. The summed E-state index contributed by atoms with van der Waals surface area (Å²) in [4.78, 5) is 26.7. The van der Waals surface area contributed by atoms with Gasteiger partial charge in [0.1, 0.15) is 10.8 Å². The lowest BCUT2D eigenvalue weighted by molar-refractivity contribution is -0.143. The van der Waals surface area contributed by atoms with Crippen molar-refractivity contribution in [2.75, 3.05) is 0 Å². The Morgan fingerprint density at radius 3 is 1.23 bits per heavy atom. The van der Waals surface area contributed by atoms with E-state index in [1.165, 1.54) is 0 Å². The summed E-state index contributed by atoms with van der Waals surface area (Å²) in [6.07, 6.45) is -0.125. The van der Waals surface area contributed by atoms with Crippen LogP contribution in [0.25, 0.3) is 11.1 Å². The minimum atomic E-state index is -1.51. The number of hydrogen-bond acceptors (Lipinski definition) is 8. The van der Waals surface area contributed by atoms with Gasteiger partial charge in [-0.15, -0.1) is 0 Å². The van der Waals surface area contributed by atoms with Gasteiger partial charge in [-0.1, -0.05) is 72.8 Å². The molecule has 0 radical (unpaired) electrons. The lowest BCUT2D eigenvalue weighted by Crippen LogP contribution is -2.47. The molecule has 0 fully saturated rings. The normalized spacial score (nSPS) is 22.0. The molecule has 0 aliphatic heterocycles. The summed E-state index contributed by atoms with van der Waals surface area (Å²) in [5, 5.41) is 46.7. The molecule has 10 nitrogen and oxygen atoms in total. The molecule has 10 heteroatoms. The van der Waals surface area contributed by atoms with Gasteiger partial charge in [-0.3, -0.25) is 20.4 Å². The highest BCUT2D eigenvalue weighted by molar-refractivity contribution is 6.50. The quantitative estimate of drug-likeness (QED) is 0.123. The SMILES string of the molecule is Cc1cc(-c2cc(C)c(C3(C(=O)O)C/C(=N\N)C(=N)c4ccccc43)c(C)c2)cc(C)c1C1(C(=O)O)C/C(=N/N)C(=N)c2ccccc21. The first-order valence-corrected chi connectivity index (χ1v) is 15.4. The van der Waals surface area contributed by atoms with Gasteiger partial charge in [0.2, 0.25) is 0 Å². The maximum atomic E-state index is 13.3. The van der Waals surface area contributed by atoms with Crippen LogP contribution in [0.15, 0.2) is 83.0 Å². The largest absolute Gasteiger partial charge is 0.480 e. The molecule has 48 heavy (non-hydrogen) atoms. The standard InChI is InChI=1S/C38H36N6O4/c1-19-13-23(14-20(2)31(19)37(35(45)46)17-29(43-41)33(39)25-9-5-7-11-27(25)37)24-15-21(3)32(22(4)16-24)38(36(47)48)18-30(44-42)34(40)26-10-6-8-12-28(26)38/h5-16,39-40H,17-18,41-42H2,1-4H3,(H,45,46)(H,47,48)/b39-33?,40-34?,43-29-,44-30+. The molecule has 0 saturated heterocycles. The molecule has 2 aliphatic rings. The molecule has 2 atom stereocenters. The van der Waals surface area contributed by atoms with E-state index in [4.69, 9.17) is 22.5 Å². The highest BCUT2D eigenvalue weighted by Crippen LogP contribution is 2.48. The van der Waals surface area contributed by atoms with Gasteiger partial charge in [0.05, 0.1) is 22.8 Å². The summed E-state index contributed by atoms with van der Waals surface area (Å²) in [7, 11) is 0. The fourth-order valence-corrected chi connectivity index (χ4v) is 8.20. The van der Waals surface area contributed by atoms with Crippen LogP contribution >= 0.6 is 0 Å². The first-order valence-electron chi connectivity index (χ1n) is 15.4. The number of nitrogens with two attached hydrogens (primary N) is 2. The van der Waals surface area contributed by atoms with E-state index < -0.39 is 22.8 Å². The van der Waals surface area contributed by atoms with Gasteiger partial charge in [-0.25, -0.2) is 0 Å². The summed E-state index contributed by atoms with van der Waals surface area (Å²) in [6.45, 7) is 7.53. The summed E-state index contributed by atoms with van der Waals surface area (Å²) in [5.41, 5.74) is 5.54. The monoisotopic (exact) mass is 640 g/mol. The van der Waals surface area contributed by atoms with E-state index in [1.807, 2.05) is 52.0 Å². The third-order valence-corrected chi connectivity index (χ3v) is 10.0. The number of carboxylic acids is 2. The summed E-state index contributed by atoms with van der Waals surface area (Å²) >= 11 is 0. The number of nitrogens with zero attached hydrogens (tertiary/aromatic N) is 2. The second-order valence-corrected chi connectivity index (χ2v) is 12.7. The molecule has 4 aromatic rings. The van der Waals surface area contributed by atoms with Crippen molar-refractivity contribution in [1.82, 2.24) is 0 Å². The maximum absolute atomic E-state index is 13.3. The zero-order chi connectivity index (χ0) is 34.7. The Kier molecular flexibility index (Phi) is 7.62. The van der Waals surface area contributed by atoms with Gasteiger partial charge in [-0.05, 0) is 83.3 Å². The van der Waals surface area contributed by atoms with E-state index in [0.29, 0.717) is 33.4 Å². The third-order valence-electron chi connectivity index (χ3n) is 10.0. The minimum absolute atomic E-state index is 0.0626. The van der Waals surface area contributed by atoms with Gasteiger partial charge in [-0.2, -0.15) is 10.2 Å². The van der Waals surface area contributed by atoms with Gasteiger partial charge in [0, 0.05) is 24.0 Å². The molecule has 0 aromatic heterocycles. The van der Waals surface area contributed by atoms with Gasteiger partial charge >= 0.3 is 11.9 Å². The van der Waals surface area contributed by atoms with Crippen molar-refractivity contribution in [2.24, 2.45) is 21.9 Å². The van der Waals surface area contributed by atoms with E-state index in [1.54, 1.807) is 48.5 Å². The lowest BCUT2D eigenvalue weighted by Gasteiger charge is -2.39. The van der Waals surface area contributed by atoms with E-state index >= 15 is 0 Å². The van der Waals surface area contributed by atoms with Gasteiger partial charge in [0.25, 0.3) is 0 Å². The number of nitrogens with one attached hydrogen (secondary N) is 2. The van der Waals surface area contributed by atoms with Crippen molar-refractivity contribution in [3.05, 3.63) is 128 Å². The van der Waals surface area contributed by atoms with Crippen LogP contribution in [0, 0.1) is 38.5 Å². The number of hydrazone groups is 2. The molecular formula is C38H36N6O4. The molecule has 0 spiro atoms. The molecule has 0 saturated carbocycles. The Labute approximate surface area is 277 Å². The Morgan fingerprint density at radius 2 is 0.938 bits per heavy atom. The van der Waals surface area contributed by atoms with Crippen LogP contribution in [-0.4, -0.2) is 45.0 Å². The highest BCUT2D eigenvalue weighted by Gasteiger charge is 2.52. The molecule has 4 aromatic carbocycles. The Morgan fingerprint density at radius 1 is 0.625 bits per heavy atom. The Hall–Kier alpha value is -5.90. The van der Waals surface area contributed by atoms with E-state index in [9.17, 15) is 19.8 Å². The van der Waals surface area contributed by atoms with Crippen LogP contribution < -0.4 is 11.7 Å². The van der Waals surface area contributed by atoms with Crippen LogP contribution in [0.3, 0.4) is 0 Å². The number of aryl methyl sites for hydroxylation is 4. The van der Waals surface area contributed by atoms with Crippen molar-refractivity contribution < 1.29 is 19.8 Å². The fourth-order valence-electron chi connectivity index (χ4n) is 8.20. The number of fused-ring (bicyclic) bond motifs is 2. The number of benzene rings is 4. The Balaban J connectivity index is 1.53. The van der Waals surface area contributed by atoms with Crippen molar-refractivity contribution in [2.45, 2.75) is 51.4 Å². The zero-order valence-corrected chi connectivity index (χ0v) is 27.1. The molecule has 8 N–H and O–H groups in total. The van der Waals surface area contributed by atoms with Crippen LogP contribution in [0.2, 0.25) is 0 Å². The molecule has 0 heterocycles. The minimum Gasteiger partial charge on any atom is -0.480 e. The van der Waals surface area contributed by atoms with E-state index in [0.717, 1.165) is 33.4 Å². The van der Waals surface area contributed by atoms with Crippen LogP contribution in [0.1, 0.15) is 68.5 Å².